The van der Waals surface area contributed by atoms with Crippen molar-refractivity contribution >= 4 is 22.7 Å². The van der Waals surface area contributed by atoms with E-state index in [2.05, 4.69) is 10.3 Å². The summed E-state index contributed by atoms with van der Waals surface area (Å²) in [7, 11) is 1.75. The summed E-state index contributed by atoms with van der Waals surface area (Å²) in [5.74, 6) is -2.46. The number of pyridine rings is 2. The Morgan fingerprint density at radius 2 is 1.97 bits per heavy atom. The van der Waals surface area contributed by atoms with Crippen molar-refractivity contribution in [2.75, 3.05) is 12.4 Å². The van der Waals surface area contributed by atoms with Crippen LogP contribution in [-0.2, 0) is 18.0 Å². The van der Waals surface area contributed by atoms with Gasteiger partial charge in [0.25, 0.3) is 0 Å². The molecule has 2 aromatic carbocycles. The molecular weight excluding hydrogens is 432 g/mol. The second-order valence-electron chi connectivity index (χ2n) is 7.60. The van der Waals surface area contributed by atoms with Crippen LogP contribution in [0.2, 0.25) is 0 Å². The SMILES string of the molecule is CNc1cc2c(cn1)-c1ccc3c(=O)c(C(=O)O)cn(-c4ccc(F)cc4F)c3c1COC2. The number of benzene rings is 2. The van der Waals surface area contributed by atoms with Gasteiger partial charge in [0, 0.05) is 42.0 Å². The normalized spacial score (nSPS) is 12.7. The number of fused-ring (bicyclic) bond motifs is 5. The van der Waals surface area contributed by atoms with Gasteiger partial charge in [0.05, 0.1) is 24.4 Å². The molecule has 0 atom stereocenters. The predicted molar refractivity (Wildman–Crippen MR) is 118 cm³/mol. The third-order valence-electron chi connectivity index (χ3n) is 5.71. The highest BCUT2D eigenvalue weighted by atomic mass is 19.1. The number of hydrogen-bond donors (Lipinski definition) is 2. The molecule has 0 amide bonds. The van der Waals surface area contributed by atoms with Crippen molar-refractivity contribution in [2.45, 2.75) is 13.2 Å². The molecule has 0 saturated heterocycles. The van der Waals surface area contributed by atoms with E-state index in [0.29, 0.717) is 23.0 Å². The molecule has 0 aliphatic carbocycles. The van der Waals surface area contributed by atoms with Crippen LogP contribution in [0.5, 0.6) is 0 Å². The number of hydrogen-bond acceptors (Lipinski definition) is 5. The van der Waals surface area contributed by atoms with Gasteiger partial charge in [-0.25, -0.2) is 18.6 Å². The van der Waals surface area contributed by atoms with Crippen LogP contribution in [0.3, 0.4) is 0 Å². The molecule has 0 radical (unpaired) electrons. The number of anilines is 1. The van der Waals surface area contributed by atoms with Crippen LogP contribution >= 0.6 is 0 Å². The number of carboxylic acids is 1. The Morgan fingerprint density at radius 1 is 1.15 bits per heavy atom. The largest absolute Gasteiger partial charge is 0.477 e. The lowest BCUT2D eigenvalue weighted by Gasteiger charge is -2.18. The fourth-order valence-corrected chi connectivity index (χ4v) is 4.17. The van der Waals surface area contributed by atoms with Crippen LogP contribution in [0.15, 0.2) is 53.6 Å². The molecule has 1 aliphatic heterocycles. The molecule has 4 aromatic rings. The maximum atomic E-state index is 14.8. The first kappa shape index (κ1) is 20.8. The van der Waals surface area contributed by atoms with Crippen LogP contribution in [0.1, 0.15) is 21.5 Å². The lowest BCUT2D eigenvalue weighted by molar-refractivity contribution is 0.0695. The second kappa shape index (κ2) is 7.79. The zero-order valence-electron chi connectivity index (χ0n) is 17.4. The Bertz CT molecular complexity index is 1510. The Kier molecular flexibility index (Phi) is 4.90. The minimum Gasteiger partial charge on any atom is -0.477 e. The molecule has 1 aliphatic rings. The van der Waals surface area contributed by atoms with Gasteiger partial charge in [0.2, 0.25) is 5.43 Å². The third-order valence-corrected chi connectivity index (χ3v) is 5.71. The summed E-state index contributed by atoms with van der Waals surface area (Å²) in [5.41, 5.74) is 1.92. The zero-order valence-corrected chi connectivity index (χ0v) is 17.4. The smallest absolute Gasteiger partial charge is 0.341 e. The number of ether oxygens (including phenoxy) is 1. The number of halogens is 2. The summed E-state index contributed by atoms with van der Waals surface area (Å²) >= 11 is 0. The third kappa shape index (κ3) is 3.33. The fourth-order valence-electron chi connectivity index (χ4n) is 4.17. The van der Waals surface area contributed by atoms with Crippen molar-refractivity contribution < 1.29 is 23.4 Å². The van der Waals surface area contributed by atoms with E-state index in [4.69, 9.17) is 4.74 Å². The van der Waals surface area contributed by atoms with Crippen molar-refractivity contribution in [3.05, 3.63) is 87.3 Å². The maximum absolute atomic E-state index is 14.8. The molecule has 7 nitrogen and oxygen atoms in total. The topological polar surface area (TPSA) is 93.5 Å². The highest BCUT2D eigenvalue weighted by Gasteiger charge is 2.24. The summed E-state index contributed by atoms with van der Waals surface area (Å²) in [6.07, 6.45) is 2.75. The average Bonchev–Trinajstić information content (AvgIpc) is 2.98. The minimum atomic E-state index is -1.45. The molecule has 166 valence electrons. The Balaban J connectivity index is 1.91. The van der Waals surface area contributed by atoms with E-state index < -0.39 is 28.6 Å². The average molecular weight is 449 g/mol. The lowest BCUT2D eigenvalue weighted by Crippen LogP contribution is -2.20. The summed E-state index contributed by atoms with van der Waals surface area (Å²) in [5, 5.41) is 12.6. The second-order valence-corrected chi connectivity index (χ2v) is 7.60. The summed E-state index contributed by atoms with van der Waals surface area (Å²) in [6, 6.07) is 8.06. The number of carbonyl (C=O) groups is 1. The summed E-state index contributed by atoms with van der Waals surface area (Å²) < 4.78 is 35.5. The van der Waals surface area contributed by atoms with Gasteiger partial charge in [0.15, 0.2) is 0 Å². The van der Waals surface area contributed by atoms with Gasteiger partial charge in [-0.2, -0.15) is 0 Å². The van der Waals surface area contributed by atoms with Gasteiger partial charge in [-0.05, 0) is 35.4 Å². The Hall–Kier alpha value is -4.11. The van der Waals surface area contributed by atoms with Gasteiger partial charge in [-0.1, -0.05) is 6.07 Å². The predicted octanol–water partition coefficient (Wildman–Crippen LogP) is 4.10. The molecule has 0 fully saturated rings. The molecule has 0 bridgehead atoms. The van der Waals surface area contributed by atoms with Crippen molar-refractivity contribution in [2.24, 2.45) is 0 Å². The summed E-state index contributed by atoms with van der Waals surface area (Å²) in [4.78, 5) is 29.1. The first-order valence-electron chi connectivity index (χ1n) is 10.0. The van der Waals surface area contributed by atoms with Gasteiger partial charge >= 0.3 is 5.97 Å². The first-order chi connectivity index (χ1) is 15.9. The molecule has 3 heterocycles. The Labute approximate surface area is 185 Å². The number of aromatic carboxylic acids is 1. The van der Waals surface area contributed by atoms with E-state index in [1.54, 1.807) is 19.3 Å². The van der Waals surface area contributed by atoms with Crippen molar-refractivity contribution in [1.82, 2.24) is 9.55 Å². The van der Waals surface area contributed by atoms with Crippen molar-refractivity contribution in [3.63, 3.8) is 0 Å². The molecule has 2 aromatic heterocycles. The number of nitrogens with one attached hydrogen (secondary N) is 1. The van der Waals surface area contributed by atoms with Crippen LogP contribution < -0.4 is 10.7 Å². The number of aromatic nitrogens is 2. The van der Waals surface area contributed by atoms with E-state index in [0.717, 1.165) is 29.0 Å². The van der Waals surface area contributed by atoms with Gasteiger partial charge in [0.1, 0.15) is 23.0 Å². The van der Waals surface area contributed by atoms with Crippen LogP contribution in [0.4, 0.5) is 14.6 Å². The fraction of sp³-hybridized carbons (Fsp3) is 0.125. The monoisotopic (exact) mass is 449 g/mol. The van der Waals surface area contributed by atoms with Crippen LogP contribution in [0.25, 0.3) is 27.7 Å². The van der Waals surface area contributed by atoms with E-state index in [-0.39, 0.29) is 24.3 Å². The van der Waals surface area contributed by atoms with Gasteiger partial charge < -0.3 is 19.7 Å². The highest BCUT2D eigenvalue weighted by molar-refractivity contribution is 5.96. The molecule has 0 unspecified atom stereocenters. The number of carboxylic acid groups (broad SMARTS) is 1. The van der Waals surface area contributed by atoms with Crippen LogP contribution in [-0.4, -0.2) is 27.7 Å². The molecule has 5 rings (SSSR count). The van der Waals surface area contributed by atoms with Crippen molar-refractivity contribution in [1.29, 1.82) is 0 Å². The van der Waals surface area contributed by atoms with E-state index in [9.17, 15) is 23.5 Å². The van der Waals surface area contributed by atoms with Gasteiger partial charge in [-0.3, -0.25) is 4.79 Å². The Morgan fingerprint density at radius 3 is 2.70 bits per heavy atom. The molecular formula is C24H17F2N3O4. The van der Waals surface area contributed by atoms with E-state index in [1.807, 2.05) is 6.07 Å². The van der Waals surface area contributed by atoms with E-state index >= 15 is 0 Å². The van der Waals surface area contributed by atoms with Gasteiger partial charge in [-0.15, -0.1) is 0 Å². The quantitative estimate of drug-likeness (QED) is 0.489. The highest BCUT2D eigenvalue weighted by Crippen LogP contribution is 2.36. The molecule has 33 heavy (non-hydrogen) atoms. The summed E-state index contributed by atoms with van der Waals surface area (Å²) in [6.45, 7) is 0.371. The number of rotatable bonds is 3. The standard InChI is InChI=1S/C24H17F2N3O4/c1-27-21-6-12-10-33-11-18-14(16(12)8-28-21)3-4-15-22(18)29(9-17(23(15)30)24(31)32)20-5-2-13(25)7-19(20)26/h2-9H,10-11H2,1H3,(H,27,28)(H,31,32). The molecule has 0 saturated carbocycles. The first-order valence-corrected chi connectivity index (χ1v) is 10.0. The van der Waals surface area contributed by atoms with Crippen molar-refractivity contribution in [3.8, 4) is 16.8 Å². The maximum Gasteiger partial charge on any atom is 0.341 e. The molecule has 9 heteroatoms. The number of nitrogens with zero attached hydrogens (tertiary/aromatic N) is 2. The molecule has 2 N–H and O–H groups in total. The minimum absolute atomic E-state index is 0.0872. The molecule has 0 spiro atoms. The lowest BCUT2D eigenvalue weighted by atomic mass is 9.95. The van der Waals surface area contributed by atoms with E-state index in [1.165, 1.54) is 16.7 Å². The van der Waals surface area contributed by atoms with Crippen LogP contribution in [0, 0.1) is 11.6 Å². The zero-order chi connectivity index (χ0) is 23.3.